The lowest BCUT2D eigenvalue weighted by Gasteiger charge is -2.39. The Morgan fingerprint density at radius 1 is 1.22 bits per heavy atom. The molecule has 1 fully saturated rings. The summed E-state index contributed by atoms with van der Waals surface area (Å²) in [5.74, 6) is -0.911. The highest BCUT2D eigenvalue weighted by molar-refractivity contribution is 7.85. The zero-order valence-corrected chi connectivity index (χ0v) is 10.2. The molecule has 18 heavy (non-hydrogen) atoms. The molecule has 0 spiro atoms. The van der Waals surface area contributed by atoms with Crippen molar-refractivity contribution in [1.82, 2.24) is 0 Å². The van der Waals surface area contributed by atoms with E-state index in [2.05, 4.69) is 6.58 Å². The third-order valence-electron chi connectivity index (χ3n) is 2.42. The van der Waals surface area contributed by atoms with Crippen molar-refractivity contribution in [2.45, 2.75) is 30.7 Å². The van der Waals surface area contributed by atoms with E-state index >= 15 is 0 Å². The van der Waals surface area contributed by atoms with E-state index in [9.17, 15) is 23.7 Å². The van der Waals surface area contributed by atoms with Crippen LogP contribution in [0.3, 0.4) is 0 Å². The highest BCUT2D eigenvalue weighted by atomic mass is 32.2. The van der Waals surface area contributed by atoms with Crippen LogP contribution in [0.4, 0.5) is 0 Å². The predicted octanol–water partition coefficient (Wildman–Crippen LogP) is -2.12. The average molecular weight is 284 g/mol. The van der Waals surface area contributed by atoms with Crippen molar-refractivity contribution in [3.63, 3.8) is 0 Å². The molecule has 0 bridgehead atoms. The molecule has 1 rings (SSSR count). The van der Waals surface area contributed by atoms with Crippen molar-refractivity contribution in [1.29, 1.82) is 0 Å². The summed E-state index contributed by atoms with van der Waals surface area (Å²) < 4.78 is 40.1. The lowest BCUT2D eigenvalue weighted by molar-refractivity contribution is -0.289. The monoisotopic (exact) mass is 284 g/mol. The van der Waals surface area contributed by atoms with Crippen LogP contribution in [-0.2, 0) is 19.6 Å². The number of hydrogen-bond acceptors (Lipinski definition) is 7. The van der Waals surface area contributed by atoms with Crippen LogP contribution in [0.5, 0.6) is 0 Å². The molecule has 8 nitrogen and oxygen atoms in total. The van der Waals surface area contributed by atoms with Crippen molar-refractivity contribution < 1.29 is 37.8 Å². The normalized spacial score (nSPS) is 37.4. The van der Waals surface area contributed by atoms with Crippen LogP contribution in [0.25, 0.3) is 0 Å². The minimum absolute atomic E-state index is 0.00311. The number of aliphatic hydroxyl groups excluding tert-OH is 3. The highest BCUT2D eigenvalue weighted by Crippen LogP contribution is 2.23. The van der Waals surface area contributed by atoms with E-state index in [1.807, 2.05) is 0 Å². The van der Waals surface area contributed by atoms with Crippen molar-refractivity contribution in [3.8, 4) is 0 Å². The van der Waals surface area contributed by atoms with Gasteiger partial charge in [0.15, 0.2) is 6.29 Å². The molecule has 4 N–H and O–H groups in total. The third-order valence-corrected chi connectivity index (χ3v) is 3.17. The first-order valence-electron chi connectivity index (χ1n) is 5.13. The summed E-state index contributed by atoms with van der Waals surface area (Å²) in [4.78, 5) is 0. The summed E-state index contributed by atoms with van der Waals surface area (Å²) in [5.41, 5.74) is 0. The molecule has 0 amide bonds. The first-order valence-corrected chi connectivity index (χ1v) is 6.74. The molecule has 0 saturated carbocycles. The Bertz CT molecular complexity index is 380. The summed E-state index contributed by atoms with van der Waals surface area (Å²) in [6, 6.07) is 0. The van der Waals surface area contributed by atoms with Gasteiger partial charge in [0.2, 0.25) is 0 Å². The van der Waals surface area contributed by atoms with E-state index < -0.39 is 46.6 Å². The number of ether oxygens (including phenoxy) is 2. The Morgan fingerprint density at radius 2 is 1.83 bits per heavy atom. The standard InChI is InChI=1S/C9H16O8S/c1-2-3-16-9-8(12)7(11)6(10)5(17-9)4-18(13,14)15/h2,5-12H,1,3-4H2,(H,13,14,15). The van der Waals surface area contributed by atoms with Crippen LogP contribution in [0.1, 0.15) is 0 Å². The first kappa shape index (κ1) is 15.5. The van der Waals surface area contributed by atoms with Gasteiger partial charge in [-0.2, -0.15) is 8.42 Å². The Morgan fingerprint density at radius 3 is 2.33 bits per heavy atom. The SMILES string of the molecule is C=CCOC1OC(CS(=O)(=O)O)C(O)C(O)C1O. The van der Waals surface area contributed by atoms with Gasteiger partial charge in [0.25, 0.3) is 10.1 Å². The maximum atomic E-state index is 10.7. The van der Waals surface area contributed by atoms with Crippen LogP contribution < -0.4 is 0 Å². The smallest absolute Gasteiger partial charge is 0.267 e. The van der Waals surface area contributed by atoms with E-state index in [4.69, 9.17) is 14.0 Å². The summed E-state index contributed by atoms with van der Waals surface area (Å²) in [6.45, 7) is 3.38. The topological polar surface area (TPSA) is 134 Å². The molecular formula is C9H16O8S. The van der Waals surface area contributed by atoms with E-state index in [1.54, 1.807) is 0 Å². The molecule has 9 heteroatoms. The Hall–Kier alpha value is -0.550. The van der Waals surface area contributed by atoms with Gasteiger partial charge in [0.1, 0.15) is 30.2 Å². The second kappa shape index (κ2) is 6.06. The minimum Gasteiger partial charge on any atom is -0.388 e. The first-order chi connectivity index (χ1) is 8.26. The molecular weight excluding hydrogens is 268 g/mol. The van der Waals surface area contributed by atoms with E-state index in [-0.39, 0.29) is 6.61 Å². The van der Waals surface area contributed by atoms with Crippen LogP contribution in [0.15, 0.2) is 12.7 Å². The van der Waals surface area contributed by atoms with Gasteiger partial charge < -0.3 is 24.8 Å². The van der Waals surface area contributed by atoms with Crippen LogP contribution in [0.2, 0.25) is 0 Å². The lowest BCUT2D eigenvalue weighted by atomic mass is 10.00. The fourth-order valence-corrected chi connectivity index (χ4v) is 2.25. The van der Waals surface area contributed by atoms with E-state index in [0.29, 0.717) is 0 Å². The maximum Gasteiger partial charge on any atom is 0.267 e. The van der Waals surface area contributed by atoms with Crippen molar-refractivity contribution in [2.75, 3.05) is 12.4 Å². The van der Waals surface area contributed by atoms with Crippen LogP contribution in [-0.4, -0.2) is 71.4 Å². The highest BCUT2D eigenvalue weighted by Gasteiger charge is 2.45. The number of aliphatic hydroxyl groups is 3. The van der Waals surface area contributed by atoms with Crippen molar-refractivity contribution in [2.24, 2.45) is 0 Å². The summed E-state index contributed by atoms with van der Waals surface area (Å²) >= 11 is 0. The largest absolute Gasteiger partial charge is 0.388 e. The van der Waals surface area contributed by atoms with Crippen LogP contribution in [0, 0.1) is 0 Å². The van der Waals surface area contributed by atoms with Gasteiger partial charge in [-0.3, -0.25) is 4.55 Å². The Balaban J connectivity index is 2.76. The summed E-state index contributed by atoms with van der Waals surface area (Å²) in [6.07, 6.45) is -6.16. The summed E-state index contributed by atoms with van der Waals surface area (Å²) in [5, 5.41) is 28.6. The van der Waals surface area contributed by atoms with Crippen molar-refractivity contribution >= 4 is 10.1 Å². The van der Waals surface area contributed by atoms with Gasteiger partial charge in [-0.1, -0.05) is 6.08 Å². The average Bonchev–Trinajstić information content (AvgIpc) is 2.27. The van der Waals surface area contributed by atoms with Gasteiger partial charge in [-0.15, -0.1) is 6.58 Å². The molecule has 1 aliphatic heterocycles. The van der Waals surface area contributed by atoms with Gasteiger partial charge in [-0.05, 0) is 0 Å². The molecule has 0 aromatic rings. The molecule has 106 valence electrons. The second-order valence-electron chi connectivity index (χ2n) is 3.89. The quantitative estimate of drug-likeness (QED) is 0.333. The molecule has 0 aromatic heterocycles. The molecule has 1 aliphatic rings. The Kier molecular flexibility index (Phi) is 5.22. The molecule has 1 saturated heterocycles. The van der Waals surface area contributed by atoms with E-state index in [1.165, 1.54) is 6.08 Å². The fourth-order valence-electron chi connectivity index (χ4n) is 1.56. The minimum atomic E-state index is -4.39. The lowest BCUT2D eigenvalue weighted by Crippen LogP contribution is -2.59. The fraction of sp³-hybridized carbons (Fsp3) is 0.778. The van der Waals surface area contributed by atoms with Gasteiger partial charge in [0, 0.05) is 0 Å². The zero-order valence-electron chi connectivity index (χ0n) is 9.42. The van der Waals surface area contributed by atoms with Crippen LogP contribution >= 0.6 is 0 Å². The molecule has 0 aliphatic carbocycles. The zero-order chi connectivity index (χ0) is 13.9. The third kappa shape index (κ3) is 3.99. The van der Waals surface area contributed by atoms with Crippen molar-refractivity contribution in [3.05, 3.63) is 12.7 Å². The Labute approximate surface area is 104 Å². The molecule has 1 heterocycles. The van der Waals surface area contributed by atoms with Gasteiger partial charge >= 0.3 is 0 Å². The predicted molar refractivity (Wildman–Crippen MR) is 59.2 cm³/mol. The van der Waals surface area contributed by atoms with E-state index in [0.717, 1.165) is 0 Å². The molecule has 5 unspecified atom stereocenters. The number of rotatable bonds is 5. The molecule has 0 aromatic carbocycles. The number of hydrogen-bond donors (Lipinski definition) is 4. The summed E-state index contributed by atoms with van der Waals surface area (Å²) in [7, 11) is -4.39. The van der Waals surface area contributed by atoms with Gasteiger partial charge in [-0.25, -0.2) is 0 Å². The maximum absolute atomic E-state index is 10.7. The molecule has 0 radical (unpaired) electrons. The van der Waals surface area contributed by atoms with Gasteiger partial charge in [0.05, 0.1) is 6.61 Å². The second-order valence-corrected chi connectivity index (χ2v) is 5.38. The molecule has 5 atom stereocenters.